The molecule has 0 heterocycles. The maximum Gasteiger partial charge on any atom is 0.293 e. The molecule has 2 rings (SSSR count). The molecule has 1 fully saturated rings. The number of carbonyl (C=O) groups excluding carboxylic acids is 1. The monoisotopic (exact) mass is 264 g/mol. The molecule has 7 heteroatoms. The van der Waals surface area contributed by atoms with Crippen molar-refractivity contribution < 1.29 is 9.72 Å². The fourth-order valence-corrected chi connectivity index (χ4v) is 1.90. The standard InChI is InChI=1S/C12H16N4O3/c13-9(7-1-2-7)6-15-10-4-3-8(12(14)17)5-11(10)16(18)19/h3-5,7,9,15H,1-2,6,13H2,(H2,14,17). The summed E-state index contributed by atoms with van der Waals surface area (Å²) >= 11 is 0. The third-order valence-corrected chi connectivity index (χ3v) is 3.23. The highest BCUT2D eigenvalue weighted by atomic mass is 16.6. The van der Waals surface area contributed by atoms with Gasteiger partial charge in [-0.25, -0.2) is 0 Å². The number of rotatable bonds is 6. The Hall–Kier alpha value is -2.15. The lowest BCUT2D eigenvalue weighted by Crippen LogP contribution is -2.31. The van der Waals surface area contributed by atoms with Crippen molar-refractivity contribution in [2.24, 2.45) is 17.4 Å². The summed E-state index contributed by atoms with van der Waals surface area (Å²) in [5.74, 6) is -0.180. The smallest absolute Gasteiger partial charge is 0.293 e. The Kier molecular flexibility index (Phi) is 3.66. The molecule has 1 aromatic carbocycles. The number of carbonyl (C=O) groups is 1. The molecule has 1 amide bonds. The second-order valence-corrected chi connectivity index (χ2v) is 4.74. The van der Waals surface area contributed by atoms with Gasteiger partial charge in [-0.1, -0.05) is 0 Å². The largest absolute Gasteiger partial charge is 0.378 e. The predicted molar refractivity (Wildman–Crippen MR) is 70.8 cm³/mol. The Morgan fingerprint density at radius 2 is 2.21 bits per heavy atom. The minimum atomic E-state index is -0.690. The molecule has 7 nitrogen and oxygen atoms in total. The molecule has 0 aromatic heterocycles. The molecule has 1 saturated carbocycles. The molecule has 19 heavy (non-hydrogen) atoms. The van der Waals surface area contributed by atoms with E-state index < -0.39 is 10.8 Å². The number of anilines is 1. The first-order valence-electron chi connectivity index (χ1n) is 6.06. The first-order chi connectivity index (χ1) is 8.99. The highest BCUT2D eigenvalue weighted by molar-refractivity contribution is 5.94. The van der Waals surface area contributed by atoms with Crippen molar-refractivity contribution in [1.29, 1.82) is 0 Å². The fourth-order valence-electron chi connectivity index (χ4n) is 1.90. The van der Waals surface area contributed by atoms with Gasteiger partial charge in [0.15, 0.2) is 0 Å². The summed E-state index contributed by atoms with van der Waals surface area (Å²) in [5.41, 5.74) is 11.3. The summed E-state index contributed by atoms with van der Waals surface area (Å²) in [4.78, 5) is 21.4. The van der Waals surface area contributed by atoms with Crippen LogP contribution in [0.5, 0.6) is 0 Å². The summed E-state index contributed by atoms with van der Waals surface area (Å²) in [6.45, 7) is 0.474. The topological polar surface area (TPSA) is 124 Å². The molecular weight excluding hydrogens is 248 g/mol. The summed E-state index contributed by atoms with van der Waals surface area (Å²) < 4.78 is 0. The zero-order valence-corrected chi connectivity index (χ0v) is 10.3. The van der Waals surface area contributed by atoms with Crippen LogP contribution in [0.15, 0.2) is 18.2 Å². The Balaban J connectivity index is 2.13. The van der Waals surface area contributed by atoms with E-state index in [0.717, 1.165) is 12.8 Å². The second kappa shape index (κ2) is 5.23. The molecule has 0 saturated heterocycles. The molecule has 1 unspecified atom stereocenters. The van der Waals surface area contributed by atoms with Crippen LogP contribution in [0.4, 0.5) is 11.4 Å². The van der Waals surface area contributed by atoms with Gasteiger partial charge in [0, 0.05) is 24.2 Å². The van der Waals surface area contributed by atoms with E-state index in [0.29, 0.717) is 18.2 Å². The fraction of sp³-hybridized carbons (Fsp3) is 0.417. The van der Waals surface area contributed by atoms with E-state index in [1.165, 1.54) is 18.2 Å². The van der Waals surface area contributed by atoms with E-state index >= 15 is 0 Å². The number of nitrogens with one attached hydrogen (secondary N) is 1. The van der Waals surface area contributed by atoms with Crippen molar-refractivity contribution in [2.75, 3.05) is 11.9 Å². The van der Waals surface area contributed by atoms with Gasteiger partial charge in [-0.3, -0.25) is 14.9 Å². The molecule has 0 aliphatic heterocycles. The Labute approximate surface area is 110 Å². The maximum absolute atomic E-state index is 11.0. The third-order valence-electron chi connectivity index (χ3n) is 3.23. The van der Waals surface area contributed by atoms with Gasteiger partial charge < -0.3 is 16.8 Å². The van der Waals surface area contributed by atoms with Crippen LogP contribution in [0.25, 0.3) is 0 Å². The maximum atomic E-state index is 11.0. The Morgan fingerprint density at radius 1 is 1.53 bits per heavy atom. The summed E-state index contributed by atoms with van der Waals surface area (Å²) in [5, 5.41) is 13.9. The minimum Gasteiger partial charge on any atom is -0.378 e. The molecular formula is C12H16N4O3. The first-order valence-corrected chi connectivity index (χ1v) is 6.06. The minimum absolute atomic E-state index is 0.00424. The van der Waals surface area contributed by atoms with Gasteiger partial charge in [0.2, 0.25) is 5.91 Å². The summed E-state index contributed by atoms with van der Waals surface area (Å²) in [7, 11) is 0. The van der Waals surface area contributed by atoms with Gasteiger partial charge >= 0.3 is 0 Å². The van der Waals surface area contributed by atoms with Crippen molar-refractivity contribution in [3.63, 3.8) is 0 Å². The number of hydrogen-bond acceptors (Lipinski definition) is 5. The molecule has 0 radical (unpaired) electrons. The number of nitro groups is 1. The van der Waals surface area contributed by atoms with Gasteiger partial charge in [0.05, 0.1) is 4.92 Å². The van der Waals surface area contributed by atoms with Crippen molar-refractivity contribution in [3.05, 3.63) is 33.9 Å². The van der Waals surface area contributed by atoms with Crippen LogP contribution >= 0.6 is 0 Å². The van der Waals surface area contributed by atoms with Crippen LogP contribution in [-0.2, 0) is 0 Å². The van der Waals surface area contributed by atoms with Gasteiger partial charge in [0.1, 0.15) is 5.69 Å². The molecule has 0 spiro atoms. The number of nitrogens with zero attached hydrogens (tertiary/aromatic N) is 1. The summed E-state index contributed by atoms with van der Waals surface area (Å²) in [6.07, 6.45) is 2.23. The molecule has 1 aromatic rings. The number of benzene rings is 1. The molecule has 0 bridgehead atoms. The zero-order chi connectivity index (χ0) is 14.0. The van der Waals surface area contributed by atoms with Crippen LogP contribution in [0.1, 0.15) is 23.2 Å². The number of amides is 1. The quantitative estimate of drug-likeness (QED) is 0.518. The van der Waals surface area contributed by atoms with Crippen LogP contribution in [0, 0.1) is 16.0 Å². The van der Waals surface area contributed by atoms with E-state index in [2.05, 4.69) is 5.32 Å². The molecule has 5 N–H and O–H groups in total. The van der Waals surface area contributed by atoms with Crippen molar-refractivity contribution in [2.45, 2.75) is 18.9 Å². The van der Waals surface area contributed by atoms with Gasteiger partial charge in [-0.2, -0.15) is 0 Å². The molecule has 1 aliphatic rings. The van der Waals surface area contributed by atoms with Crippen LogP contribution in [0.2, 0.25) is 0 Å². The van der Waals surface area contributed by atoms with Gasteiger partial charge in [-0.05, 0) is 30.9 Å². The molecule has 102 valence electrons. The van der Waals surface area contributed by atoms with Crippen LogP contribution in [0.3, 0.4) is 0 Å². The number of nitro benzene ring substituents is 1. The van der Waals surface area contributed by atoms with E-state index in [4.69, 9.17) is 11.5 Å². The zero-order valence-electron chi connectivity index (χ0n) is 10.3. The Bertz CT molecular complexity index is 514. The van der Waals surface area contributed by atoms with E-state index in [1.54, 1.807) is 0 Å². The normalized spacial score (nSPS) is 15.8. The second-order valence-electron chi connectivity index (χ2n) is 4.74. The predicted octanol–water partition coefficient (Wildman–Crippen LogP) is 0.843. The van der Waals surface area contributed by atoms with Crippen LogP contribution < -0.4 is 16.8 Å². The van der Waals surface area contributed by atoms with E-state index in [1.807, 2.05) is 0 Å². The van der Waals surface area contributed by atoms with E-state index in [9.17, 15) is 14.9 Å². The number of hydrogen-bond donors (Lipinski definition) is 3. The van der Waals surface area contributed by atoms with Crippen molar-refractivity contribution in [3.8, 4) is 0 Å². The van der Waals surface area contributed by atoms with Crippen molar-refractivity contribution in [1.82, 2.24) is 0 Å². The number of primary amides is 1. The average molecular weight is 264 g/mol. The SMILES string of the molecule is NC(=O)c1ccc(NCC(N)C2CC2)c([N+](=O)[O-])c1. The van der Waals surface area contributed by atoms with Crippen LogP contribution in [-0.4, -0.2) is 23.4 Å². The highest BCUT2D eigenvalue weighted by Gasteiger charge is 2.28. The third kappa shape index (κ3) is 3.19. The highest BCUT2D eigenvalue weighted by Crippen LogP contribution is 2.32. The lowest BCUT2D eigenvalue weighted by atomic mass is 10.1. The molecule has 1 aliphatic carbocycles. The lowest BCUT2D eigenvalue weighted by molar-refractivity contribution is -0.384. The average Bonchev–Trinajstić information content (AvgIpc) is 3.19. The van der Waals surface area contributed by atoms with E-state index in [-0.39, 0.29) is 17.3 Å². The molecule has 1 atom stereocenters. The first kappa shape index (κ1) is 13.3. The van der Waals surface area contributed by atoms with Gasteiger partial charge in [-0.15, -0.1) is 0 Å². The van der Waals surface area contributed by atoms with Gasteiger partial charge in [0.25, 0.3) is 5.69 Å². The lowest BCUT2D eigenvalue weighted by Gasteiger charge is -2.13. The van der Waals surface area contributed by atoms with Crippen molar-refractivity contribution >= 4 is 17.3 Å². The summed E-state index contributed by atoms with van der Waals surface area (Å²) in [6, 6.07) is 4.11. The number of nitrogens with two attached hydrogens (primary N) is 2. The Morgan fingerprint density at radius 3 is 2.74 bits per heavy atom.